The van der Waals surface area contributed by atoms with Gasteiger partial charge >= 0.3 is 16.4 Å². The van der Waals surface area contributed by atoms with Gasteiger partial charge in [0.1, 0.15) is 0 Å². The molecule has 0 unspecified atom stereocenters. The van der Waals surface area contributed by atoms with E-state index >= 15 is 0 Å². The van der Waals surface area contributed by atoms with E-state index in [-0.39, 0.29) is 0 Å². The minimum atomic E-state index is -1.64. The van der Waals surface area contributed by atoms with Crippen molar-refractivity contribution in [3.63, 3.8) is 0 Å². The van der Waals surface area contributed by atoms with Crippen molar-refractivity contribution in [1.29, 1.82) is 0 Å². The molecule has 0 bridgehead atoms. The van der Waals surface area contributed by atoms with Gasteiger partial charge in [-0.2, -0.15) is 0 Å². The van der Waals surface area contributed by atoms with Crippen molar-refractivity contribution in [2.75, 3.05) is 0 Å². The molecular formula is Cf2O3. The van der Waals surface area contributed by atoms with Crippen molar-refractivity contribution in [2.45, 2.75) is 0 Å². The van der Waals surface area contributed by atoms with E-state index < -0.39 is 0 Å². The molecule has 0 spiro atoms. The number of rotatable bonds is 2. The van der Waals surface area contributed by atoms with E-state index in [1.807, 2.05) is 0 Å². The van der Waals surface area contributed by atoms with Gasteiger partial charge in [-0.1, -0.05) is 0 Å². The summed E-state index contributed by atoms with van der Waals surface area (Å²) in [6.45, 7) is 0. The predicted molar refractivity (Wildman–Crippen MR) is 2.46 cm³/mol. The van der Waals surface area contributed by atoms with Crippen LogP contribution in [-0.4, -0.2) is 0 Å². The molecule has 3 nitrogen and oxygen atoms in total. The Morgan fingerprint density at radius 3 is 1.60 bits per heavy atom. The molecule has 0 aromatic carbocycles. The molecule has 0 saturated heterocycles. The van der Waals surface area contributed by atoms with Gasteiger partial charge in [-0.25, -0.2) is 0 Å². The Balaban J connectivity index is 2.65. The van der Waals surface area contributed by atoms with E-state index in [0.717, 1.165) is 0 Å². The molecule has 0 aromatic heterocycles. The summed E-state index contributed by atoms with van der Waals surface area (Å²) in [6.07, 6.45) is 0. The average Bonchev–Trinajstić information content (AvgIpc) is 1.41. The summed E-state index contributed by atoms with van der Waals surface area (Å²) < 4.78 is -3.29. The first kappa shape index (κ1) is 2.56. The fourth-order valence-electron chi connectivity index (χ4n) is 0.00680. The van der Waals surface area contributed by atoms with Crippen LogP contribution in [0.1, 0.15) is 0 Å². The van der Waals surface area contributed by atoms with Gasteiger partial charge in [0.2, 0.25) is 0 Å². The third kappa shape index (κ3) is 1.56. The summed E-state index contributed by atoms with van der Waals surface area (Å²) >= 11 is 0. The van der Waals surface area contributed by atoms with Gasteiger partial charge in [0.25, 0.3) is 0 Å². The Morgan fingerprint density at radius 1 is 1.20 bits per heavy atom. The van der Waals surface area contributed by atoms with E-state index in [4.69, 9.17) is 0 Å². The fourth-order valence-corrected chi connectivity index (χ4v) is 0.592. The first-order valence-corrected chi connectivity index (χ1v) is 4.82. The van der Waals surface area contributed by atoms with Crippen LogP contribution in [-0.2, 0) is 16.4 Å². The Labute approximate surface area is 17.8 Å². The monoisotopic (exact) mass is 546 g/mol. The van der Waals surface area contributed by atoms with Gasteiger partial charge in [0.05, 0.1) is 0 Å². The van der Waals surface area contributed by atoms with Crippen LogP contribution >= 0.6 is 0 Å². The van der Waals surface area contributed by atoms with Crippen LogP contribution in [0.2, 0.25) is 0 Å². The Hall–Kier alpha value is -2.44. The molecule has 0 amide bonds. The molecule has 0 rings (SSSR count). The second kappa shape index (κ2) is 1.56. The molecule has 0 aliphatic heterocycles. The molecule has 5 heavy (non-hydrogen) atoms. The van der Waals surface area contributed by atoms with Gasteiger partial charge in [0.15, 0.2) is 0 Å². The summed E-state index contributed by atoms with van der Waals surface area (Å²) in [4.78, 5) is 0. The third-order valence-electron chi connectivity index (χ3n) is 0.0333. The van der Waals surface area contributed by atoms with Crippen LogP contribution in [0, 0.1) is 0 Å². The Morgan fingerprint density at radius 2 is 1.60 bits per heavy atom. The fraction of sp³-hybridized carbons (Fsp3) is 0. The van der Waals surface area contributed by atoms with Crippen molar-refractivity contribution >= 4 is 0 Å². The van der Waals surface area contributed by atoms with Crippen LogP contribution in [0.25, 0.3) is 0 Å². The molecular weight excluding hydrogens is 550 g/mol. The summed E-state index contributed by atoms with van der Waals surface area (Å²) in [5.74, 6) is 0. The van der Waals surface area contributed by atoms with E-state index in [2.05, 4.69) is 5.48 Å². The maximum absolute atomic E-state index is 9.29. The maximum atomic E-state index is 9.29. The molecule has 0 atom stereocenters. The van der Waals surface area contributed by atoms with Crippen molar-refractivity contribution in [1.82, 2.24) is 0 Å². The zero-order valence-electron chi connectivity index (χ0n) is 1.86. The van der Waals surface area contributed by atoms with Crippen molar-refractivity contribution in [3.05, 3.63) is 0 Å². The van der Waals surface area contributed by atoms with Gasteiger partial charge < -0.3 is 0 Å². The SMILES string of the molecule is [O]=[Cf][O][Cf]=[O]. The Bertz CT molecular complexity index is 34.2. The molecule has 0 radical (unpaired) electrons. The first-order valence-electron chi connectivity index (χ1n) is 0.516. The zero-order chi connectivity index (χ0) is 4.12. The molecule has 0 fully saturated rings. The van der Waals surface area contributed by atoms with Crippen LogP contribution in [0.5, 0.6) is 0 Å². The minimum absolute atomic E-state index is 1.64. The molecule has 0 heterocycles. The van der Waals surface area contributed by atoms with Crippen LogP contribution in [0.15, 0.2) is 0 Å². The van der Waals surface area contributed by atoms with Gasteiger partial charge in [-0.3, -0.25) is 0 Å². The topological polar surface area (TPSA) is 43.4 Å². The van der Waals surface area contributed by atoms with Crippen molar-refractivity contribution in [3.8, 4) is 0 Å². The molecule has 0 aromatic rings. The van der Waals surface area contributed by atoms with Crippen LogP contribution < -0.4 is 0 Å². The summed E-state index contributed by atoms with van der Waals surface area (Å²) in [5.41, 5.74) is 22.6. The normalized spacial score (nSPS) is 4.80. The quantitative estimate of drug-likeness (QED) is 0.475. The second-order valence-corrected chi connectivity index (χ2v) is 4.53. The van der Waals surface area contributed by atoms with Gasteiger partial charge in [-0.05, 0) is 0 Å². The molecule has 0 aliphatic rings. The summed E-state index contributed by atoms with van der Waals surface area (Å²) in [5, 5.41) is 0. The predicted octanol–water partition coefficient (Wildman–Crippen LogP) is -0.306. The summed E-state index contributed by atoms with van der Waals surface area (Å²) in [6, 6.07) is 0. The zero-order valence-corrected chi connectivity index (χ0v) is 7.12. The van der Waals surface area contributed by atoms with Gasteiger partial charge in [0, 0.05) is 0 Å². The molecule has 0 N–H and O–H groups in total. The molecule has 0 saturated carbocycles. The van der Waals surface area contributed by atoms with Crippen LogP contribution in [0.3, 0.4) is 0 Å². The van der Waals surface area contributed by atoms with Gasteiger partial charge in [-0.15, -0.1) is 0 Å². The molecule has 38 valence electrons. The van der Waals surface area contributed by atoms with E-state index in [0.29, 0.717) is 0 Å². The molecule has 5 heteroatoms. The summed E-state index contributed by atoms with van der Waals surface area (Å²) in [7, 11) is 0. The van der Waals surface area contributed by atoms with Crippen molar-refractivity contribution in [2.24, 2.45) is 0 Å². The average molecular weight is 550 g/mol. The Kier molecular flexibility index (Phi) is 0.799. The second-order valence-electron chi connectivity index (χ2n) is 0.146. The van der Waals surface area contributed by atoms with E-state index in [1.165, 1.54) is 0 Å². The number of hydrogen-bond acceptors (Lipinski definition) is 3. The van der Waals surface area contributed by atoms with E-state index in [1.54, 1.807) is 0 Å². The third-order valence-corrected chi connectivity index (χ3v) is 2.90. The van der Waals surface area contributed by atoms with Crippen LogP contribution in [0.4, 0.5) is 0 Å². The number of hydrogen-bond donors (Lipinski definition) is 0. The van der Waals surface area contributed by atoms with E-state index in [9.17, 15) is 11.0 Å². The van der Waals surface area contributed by atoms with Crippen molar-refractivity contribution < 1.29 is 16.4 Å². The first-order chi connectivity index (χ1) is 2.41. The standard InChI is InChI=1S/2Cf.3O. The molecule has 0 aliphatic carbocycles.